The number of carbonyl (C=O) groups excluding carboxylic acids is 1. The molecule has 0 bridgehead atoms. The van der Waals surface area contributed by atoms with Gasteiger partial charge in [-0.2, -0.15) is 0 Å². The van der Waals surface area contributed by atoms with Crippen molar-refractivity contribution in [1.29, 1.82) is 0 Å². The molecule has 1 aliphatic rings. The quantitative estimate of drug-likeness (QED) is 0.660. The second kappa shape index (κ2) is 6.23. The van der Waals surface area contributed by atoms with Gasteiger partial charge in [0.2, 0.25) is 0 Å². The number of ether oxygens (including phenoxy) is 1. The van der Waals surface area contributed by atoms with E-state index in [1.807, 2.05) is 6.92 Å². The smallest absolute Gasteiger partial charge is 0.194 e. The summed E-state index contributed by atoms with van der Waals surface area (Å²) in [5.41, 5.74) is 0.331. The Labute approximate surface area is 120 Å². The number of rotatable bonds is 5. The summed E-state index contributed by atoms with van der Waals surface area (Å²) < 4.78 is 5.50. The normalized spacial score (nSPS) is 17.5. The zero-order chi connectivity index (χ0) is 14.6. The van der Waals surface area contributed by atoms with Crippen molar-refractivity contribution in [2.24, 2.45) is 0 Å². The predicted molar refractivity (Wildman–Crippen MR) is 79.1 cm³/mol. The molecule has 1 aliphatic carbocycles. The highest BCUT2D eigenvalue weighted by Gasteiger charge is 2.37. The van der Waals surface area contributed by atoms with Gasteiger partial charge < -0.3 is 9.84 Å². The van der Waals surface area contributed by atoms with E-state index < -0.39 is 5.60 Å². The van der Waals surface area contributed by atoms with Gasteiger partial charge in [0, 0.05) is 5.56 Å². The highest BCUT2D eigenvalue weighted by atomic mass is 16.5. The summed E-state index contributed by atoms with van der Waals surface area (Å²) in [7, 11) is 0. The molecule has 0 aromatic heterocycles. The second-order valence-electron chi connectivity index (χ2n) is 5.69. The van der Waals surface area contributed by atoms with E-state index in [9.17, 15) is 9.90 Å². The second-order valence-corrected chi connectivity index (χ2v) is 5.69. The maximum Gasteiger partial charge on any atom is 0.194 e. The number of aliphatic hydroxyl groups is 1. The van der Waals surface area contributed by atoms with Crippen LogP contribution in [0, 0.1) is 0 Å². The molecule has 1 aromatic carbocycles. The van der Waals surface area contributed by atoms with Gasteiger partial charge in [-0.25, -0.2) is 0 Å². The zero-order valence-electron chi connectivity index (χ0n) is 12.0. The van der Waals surface area contributed by atoms with E-state index in [0.29, 0.717) is 30.8 Å². The number of Topliss-reactive ketones (excluding diaryl/α,β-unsaturated/α-hetero) is 1. The number of hydrogen-bond acceptors (Lipinski definition) is 3. The number of carbonyl (C=O) groups is 1. The topological polar surface area (TPSA) is 46.5 Å². The molecule has 1 aromatic rings. The van der Waals surface area contributed by atoms with E-state index in [1.165, 1.54) is 0 Å². The molecule has 0 amide bonds. The van der Waals surface area contributed by atoms with Gasteiger partial charge in [0.15, 0.2) is 5.78 Å². The van der Waals surface area contributed by atoms with Crippen LogP contribution in [0.1, 0.15) is 49.4 Å². The monoisotopic (exact) mass is 274 g/mol. The average Bonchev–Trinajstić information content (AvgIpc) is 2.45. The van der Waals surface area contributed by atoms with Gasteiger partial charge in [-0.05, 0) is 49.6 Å². The maximum absolute atomic E-state index is 12.4. The highest BCUT2D eigenvalue weighted by Crippen LogP contribution is 2.31. The summed E-state index contributed by atoms with van der Waals surface area (Å²) >= 11 is 0. The lowest BCUT2D eigenvalue weighted by atomic mass is 9.79. The SMILES string of the molecule is C=C(C)COc1ccc(C(=O)C2(O)CCCCC2)cc1. The lowest BCUT2D eigenvalue weighted by Crippen LogP contribution is -2.40. The number of benzene rings is 1. The van der Waals surface area contributed by atoms with Crippen LogP contribution in [-0.2, 0) is 0 Å². The van der Waals surface area contributed by atoms with Crippen LogP contribution < -0.4 is 4.74 Å². The van der Waals surface area contributed by atoms with Crippen LogP contribution in [-0.4, -0.2) is 23.1 Å². The summed E-state index contributed by atoms with van der Waals surface area (Å²) in [6.07, 6.45) is 4.08. The largest absolute Gasteiger partial charge is 0.489 e. The van der Waals surface area contributed by atoms with Gasteiger partial charge in [-0.15, -0.1) is 0 Å². The third-order valence-electron chi connectivity index (χ3n) is 3.71. The van der Waals surface area contributed by atoms with E-state index in [-0.39, 0.29) is 5.78 Å². The molecule has 0 unspecified atom stereocenters. The van der Waals surface area contributed by atoms with Crippen molar-refractivity contribution >= 4 is 5.78 Å². The Hall–Kier alpha value is -1.61. The van der Waals surface area contributed by atoms with Crippen LogP contribution in [0.5, 0.6) is 5.75 Å². The number of ketones is 1. The summed E-state index contributed by atoms with van der Waals surface area (Å²) in [5, 5.41) is 10.4. The van der Waals surface area contributed by atoms with Gasteiger partial charge in [-0.3, -0.25) is 4.79 Å². The first-order chi connectivity index (χ1) is 9.51. The van der Waals surface area contributed by atoms with E-state index >= 15 is 0 Å². The molecule has 1 fully saturated rings. The first-order valence-corrected chi connectivity index (χ1v) is 7.16. The van der Waals surface area contributed by atoms with Crippen molar-refractivity contribution < 1.29 is 14.6 Å². The molecule has 108 valence electrons. The van der Waals surface area contributed by atoms with E-state index in [0.717, 1.165) is 24.8 Å². The molecule has 1 saturated carbocycles. The molecular weight excluding hydrogens is 252 g/mol. The summed E-state index contributed by atoms with van der Waals surface area (Å²) in [6.45, 7) is 6.14. The third-order valence-corrected chi connectivity index (χ3v) is 3.71. The molecular formula is C17H22O3. The predicted octanol–water partition coefficient (Wildman–Crippen LogP) is 3.52. The van der Waals surface area contributed by atoms with Crippen LogP contribution in [0.4, 0.5) is 0 Å². The Bertz CT molecular complexity index is 481. The molecule has 0 saturated heterocycles. The molecule has 20 heavy (non-hydrogen) atoms. The maximum atomic E-state index is 12.4. The molecule has 0 aliphatic heterocycles. The minimum absolute atomic E-state index is 0.163. The van der Waals surface area contributed by atoms with Crippen LogP contribution in [0.25, 0.3) is 0 Å². The van der Waals surface area contributed by atoms with Crippen molar-refractivity contribution in [2.45, 2.75) is 44.6 Å². The van der Waals surface area contributed by atoms with Crippen molar-refractivity contribution in [2.75, 3.05) is 6.61 Å². The first-order valence-electron chi connectivity index (χ1n) is 7.16. The molecule has 3 nitrogen and oxygen atoms in total. The lowest BCUT2D eigenvalue weighted by molar-refractivity contribution is 0.0116. The van der Waals surface area contributed by atoms with Crippen LogP contribution >= 0.6 is 0 Å². The van der Waals surface area contributed by atoms with Gasteiger partial charge in [0.25, 0.3) is 0 Å². The summed E-state index contributed by atoms with van der Waals surface area (Å²) in [5.74, 6) is 0.545. The minimum Gasteiger partial charge on any atom is -0.489 e. The van der Waals surface area contributed by atoms with Crippen molar-refractivity contribution in [3.8, 4) is 5.75 Å². The Morgan fingerprint density at radius 1 is 1.25 bits per heavy atom. The fraction of sp³-hybridized carbons (Fsp3) is 0.471. The Balaban J connectivity index is 2.05. The van der Waals surface area contributed by atoms with E-state index in [4.69, 9.17) is 4.74 Å². The fourth-order valence-corrected chi connectivity index (χ4v) is 2.54. The summed E-state index contributed by atoms with van der Waals surface area (Å²) in [6, 6.07) is 6.98. The Morgan fingerprint density at radius 3 is 2.40 bits per heavy atom. The van der Waals surface area contributed by atoms with Crippen LogP contribution in [0.3, 0.4) is 0 Å². The molecule has 2 rings (SSSR count). The Kier molecular flexibility index (Phi) is 4.61. The molecule has 0 radical (unpaired) electrons. The van der Waals surface area contributed by atoms with Gasteiger partial charge in [-0.1, -0.05) is 25.8 Å². The molecule has 0 atom stereocenters. The zero-order valence-corrected chi connectivity index (χ0v) is 12.0. The molecule has 0 heterocycles. The molecule has 0 spiro atoms. The van der Waals surface area contributed by atoms with E-state index in [1.54, 1.807) is 24.3 Å². The van der Waals surface area contributed by atoms with Gasteiger partial charge in [0.1, 0.15) is 18.0 Å². The minimum atomic E-state index is -1.17. The highest BCUT2D eigenvalue weighted by molar-refractivity contribution is 6.02. The summed E-state index contributed by atoms with van der Waals surface area (Å²) in [4.78, 5) is 12.4. The van der Waals surface area contributed by atoms with Crippen LogP contribution in [0.2, 0.25) is 0 Å². The fourth-order valence-electron chi connectivity index (χ4n) is 2.54. The number of hydrogen-bond donors (Lipinski definition) is 1. The van der Waals surface area contributed by atoms with E-state index in [2.05, 4.69) is 6.58 Å². The molecule has 3 heteroatoms. The van der Waals surface area contributed by atoms with Crippen molar-refractivity contribution in [1.82, 2.24) is 0 Å². The average molecular weight is 274 g/mol. The Morgan fingerprint density at radius 2 is 1.85 bits per heavy atom. The van der Waals surface area contributed by atoms with Gasteiger partial charge >= 0.3 is 0 Å². The van der Waals surface area contributed by atoms with Crippen molar-refractivity contribution in [3.05, 3.63) is 42.0 Å². The van der Waals surface area contributed by atoms with Crippen LogP contribution in [0.15, 0.2) is 36.4 Å². The van der Waals surface area contributed by atoms with Crippen molar-refractivity contribution in [3.63, 3.8) is 0 Å². The van der Waals surface area contributed by atoms with Gasteiger partial charge in [0.05, 0.1) is 0 Å². The molecule has 1 N–H and O–H groups in total. The standard InChI is InChI=1S/C17H22O3/c1-13(2)12-20-15-8-6-14(7-9-15)16(18)17(19)10-4-3-5-11-17/h6-9,19H,1,3-5,10-12H2,2H3. The lowest BCUT2D eigenvalue weighted by Gasteiger charge is -2.30. The third kappa shape index (κ3) is 3.48. The first kappa shape index (κ1) is 14.8.